The Morgan fingerprint density at radius 3 is 1.70 bits per heavy atom. The highest BCUT2D eigenvalue weighted by molar-refractivity contribution is 7.80. The van der Waals surface area contributed by atoms with Gasteiger partial charge >= 0.3 is 11.9 Å². The van der Waals surface area contributed by atoms with Crippen molar-refractivity contribution in [3.05, 3.63) is 29.8 Å². The first-order valence-corrected chi connectivity index (χ1v) is 8.94. The molecule has 0 aliphatic rings. The highest BCUT2D eigenvalue weighted by Gasteiger charge is 2.48. The van der Waals surface area contributed by atoms with Gasteiger partial charge in [-0.25, -0.2) is 9.59 Å². The average molecular weight is 396 g/mol. The van der Waals surface area contributed by atoms with Crippen molar-refractivity contribution in [2.75, 3.05) is 5.32 Å². The zero-order valence-electron chi connectivity index (χ0n) is 16.7. The van der Waals surface area contributed by atoms with Crippen molar-refractivity contribution in [3.8, 4) is 0 Å². The number of nitrogens with one attached hydrogen (secondary N) is 1. The summed E-state index contributed by atoms with van der Waals surface area (Å²) in [5.74, 6) is -1.68. The highest BCUT2D eigenvalue weighted by Crippen LogP contribution is 2.22. The lowest BCUT2D eigenvalue weighted by Crippen LogP contribution is -2.60. The molecule has 0 aliphatic carbocycles. The molecular weight excluding hydrogens is 366 g/mol. The van der Waals surface area contributed by atoms with Crippen LogP contribution in [0.4, 0.5) is 5.69 Å². The summed E-state index contributed by atoms with van der Waals surface area (Å²) in [6.07, 6.45) is -0.0792. The molecule has 7 nitrogen and oxygen atoms in total. The monoisotopic (exact) mass is 395 g/mol. The maximum Gasteiger partial charge on any atom is 0.338 e. The molecule has 0 radical (unpaired) electrons. The van der Waals surface area contributed by atoms with Crippen molar-refractivity contribution >= 4 is 35.0 Å². The van der Waals surface area contributed by atoms with Gasteiger partial charge in [-0.1, -0.05) is 12.1 Å². The Morgan fingerprint density at radius 2 is 1.37 bits per heavy atom. The fourth-order valence-corrected chi connectivity index (χ4v) is 2.25. The van der Waals surface area contributed by atoms with Crippen LogP contribution in [0.2, 0.25) is 0 Å². The zero-order valence-corrected chi connectivity index (χ0v) is 17.5. The highest BCUT2D eigenvalue weighted by atomic mass is 32.1. The van der Waals surface area contributed by atoms with Crippen LogP contribution in [-0.4, -0.2) is 33.8 Å². The molecule has 0 aliphatic heterocycles. The Balaban J connectivity index is 3.15. The lowest BCUT2D eigenvalue weighted by atomic mass is 9.91. The van der Waals surface area contributed by atoms with Crippen LogP contribution < -0.4 is 16.8 Å². The lowest BCUT2D eigenvalue weighted by Gasteiger charge is -2.32. The predicted octanol–water partition coefficient (Wildman–Crippen LogP) is 2.27. The number of nitrogens with two attached hydrogens (primary N) is 2. The molecule has 1 aromatic carbocycles. The molecule has 0 amide bonds. The van der Waals surface area contributed by atoms with Crippen LogP contribution in [0, 0.1) is 0 Å². The summed E-state index contributed by atoms with van der Waals surface area (Å²) in [4.78, 5) is 25.5. The molecule has 150 valence electrons. The number of ether oxygens (including phenoxy) is 2. The summed E-state index contributed by atoms with van der Waals surface area (Å²) in [5, 5.41) is 2.93. The number of hydrogen-bond acceptors (Lipinski definition) is 6. The fourth-order valence-electron chi connectivity index (χ4n) is 2.14. The number of hydrogen-bond donors (Lipinski definition) is 3. The summed E-state index contributed by atoms with van der Waals surface area (Å²) in [7, 11) is 0. The van der Waals surface area contributed by atoms with Crippen molar-refractivity contribution in [1.82, 2.24) is 0 Å². The van der Waals surface area contributed by atoms with Crippen molar-refractivity contribution in [3.63, 3.8) is 0 Å². The molecule has 1 rings (SSSR count). The van der Waals surface area contributed by atoms with Gasteiger partial charge in [0.25, 0.3) is 0 Å². The quantitative estimate of drug-likeness (QED) is 0.395. The van der Waals surface area contributed by atoms with Gasteiger partial charge in [0.15, 0.2) is 5.11 Å². The van der Waals surface area contributed by atoms with E-state index < -0.39 is 28.7 Å². The van der Waals surface area contributed by atoms with E-state index in [1.165, 1.54) is 0 Å². The number of esters is 2. The van der Waals surface area contributed by atoms with Crippen LogP contribution in [0.1, 0.15) is 47.1 Å². The first-order valence-electron chi connectivity index (χ1n) is 8.53. The first-order chi connectivity index (χ1) is 12.1. The Bertz CT molecular complexity index is 675. The Kier molecular flexibility index (Phi) is 6.96. The fraction of sp³-hybridized carbons (Fsp3) is 0.526. The van der Waals surface area contributed by atoms with Crippen LogP contribution >= 0.6 is 12.2 Å². The van der Waals surface area contributed by atoms with E-state index in [-0.39, 0.29) is 11.5 Å². The Hall–Kier alpha value is -2.19. The largest absolute Gasteiger partial charge is 0.458 e. The van der Waals surface area contributed by atoms with E-state index in [1.807, 2.05) is 0 Å². The summed E-state index contributed by atoms with van der Waals surface area (Å²) in [5.41, 5.74) is 9.45. The molecular formula is C19H29N3O4S. The van der Waals surface area contributed by atoms with E-state index in [9.17, 15) is 9.59 Å². The lowest BCUT2D eigenvalue weighted by molar-refractivity contribution is -0.176. The first kappa shape index (κ1) is 22.9. The minimum absolute atomic E-state index is 0.0792. The van der Waals surface area contributed by atoms with E-state index in [4.69, 9.17) is 33.2 Å². The minimum Gasteiger partial charge on any atom is -0.458 e. The van der Waals surface area contributed by atoms with E-state index >= 15 is 0 Å². The third kappa shape index (κ3) is 7.52. The van der Waals surface area contributed by atoms with Crippen LogP contribution in [0.5, 0.6) is 0 Å². The molecule has 0 heterocycles. The molecule has 0 atom stereocenters. The Morgan fingerprint density at radius 1 is 0.963 bits per heavy atom. The summed E-state index contributed by atoms with van der Waals surface area (Å²) in [6, 6.07) is 6.88. The SMILES string of the molecule is CC(C)(C)OC(=O)C(N)(Cc1ccc(NC(N)=S)cc1)C(=O)OC(C)(C)C. The number of rotatable bonds is 5. The third-order valence-corrected chi connectivity index (χ3v) is 3.33. The van der Waals surface area contributed by atoms with Crippen molar-refractivity contribution in [1.29, 1.82) is 0 Å². The van der Waals surface area contributed by atoms with Crippen molar-refractivity contribution in [2.45, 2.75) is 64.7 Å². The second-order valence-corrected chi connectivity index (χ2v) is 8.78. The molecule has 0 bridgehead atoms. The standard InChI is InChI=1S/C19H29N3O4S/c1-17(2,3)25-14(23)19(21,15(24)26-18(4,5)6)11-12-7-9-13(10-8-12)22-16(20)27/h7-10H,11,21H2,1-6H3,(H3,20,22,27). The van der Waals surface area contributed by atoms with Gasteiger partial charge in [0, 0.05) is 12.1 Å². The Labute approximate surface area is 165 Å². The third-order valence-electron chi connectivity index (χ3n) is 3.23. The van der Waals surface area contributed by atoms with Crippen LogP contribution in [-0.2, 0) is 25.5 Å². The van der Waals surface area contributed by atoms with Gasteiger partial charge in [-0.15, -0.1) is 0 Å². The molecule has 0 aromatic heterocycles. The number of thiocarbonyl (C=S) groups is 1. The van der Waals surface area contributed by atoms with Gasteiger partial charge in [-0.2, -0.15) is 0 Å². The van der Waals surface area contributed by atoms with Gasteiger partial charge in [0.05, 0.1) is 0 Å². The van der Waals surface area contributed by atoms with Gasteiger partial charge in [0.2, 0.25) is 5.54 Å². The van der Waals surface area contributed by atoms with E-state index in [0.717, 1.165) is 0 Å². The number of anilines is 1. The zero-order chi connectivity index (χ0) is 21.0. The molecule has 0 fully saturated rings. The molecule has 0 unspecified atom stereocenters. The number of carbonyl (C=O) groups excluding carboxylic acids is 2. The van der Waals surface area contributed by atoms with Gasteiger partial charge < -0.3 is 26.3 Å². The molecule has 27 heavy (non-hydrogen) atoms. The molecule has 1 aromatic rings. The number of carbonyl (C=O) groups is 2. The van der Waals surface area contributed by atoms with E-state index in [2.05, 4.69) is 5.32 Å². The summed E-state index contributed by atoms with van der Waals surface area (Å²) in [6.45, 7) is 10.2. The number of benzene rings is 1. The second-order valence-electron chi connectivity index (χ2n) is 8.34. The molecule has 8 heteroatoms. The molecule has 0 saturated heterocycles. The normalized spacial score (nSPS) is 12.3. The maximum absolute atomic E-state index is 12.7. The maximum atomic E-state index is 12.7. The van der Waals surface area contributed by atoms with Crippen LogP contribution in [0.3, 0.4) is 0 Å². The second kappa shape index (κ2) is 8.22. The summed E-state index contributed by atoms with van der Waals surface area (Å²) < 4.78 is 10.8. The van der Waals surface area contributed by atoms with Gasteiger partial charge in [0.1, 0.15) is 11.2 Å². The minimum atomic E-state index is -1.97. The van der Waals surface area contributed by atoms with Gasteiger partial charge in [-0.3, -0.25) is 0 Å². The summed E-state index contributed by atoms with van der Waals surface area (Å²) >= 11 is 4.79. The van der Waals surface area contributed by atoms with Gasteiger partial charge in [-0.05, 0) is 71.5 Å². The van der Waals surface area contributed by atoms with Crippen molar-refractivity contribution in [2.24, 2.45) is 11.5 Å². The topological polar surface area (TPSA) is 117 Å². The van der Waals surface area contributed by atoms with E-state index in [1.54, 1.807) is 65.8 Å². The molecule has 0 saturated carbocycles. The molecule has 5 N–H and O–H groups in total. The predicted molar refractivity (Wildman–Crippen MR) is 109 cm³/mol. The van der Waals surface area contributed by atoms with E-state index in [0.29, 0.717) is 11.3 Å². The average Bonchev–Trinajstić information content (AvgIpc) is 2.45. The van der Waals surface area contributed by atoms with Crippen LogP contribution in [0.15, 0.2) is 24.3 Å². The van der Waals surface area contributed by atoms with Crippen LogP contribution in [0.25, 0.3) is 0 Å². The van der Waals surface area contributed by atoms with Crippen molar-refractivity contribution < 1.29 is 19.1 Å². The molecule has 0 spiro atoms. The smallest absolute Gasteiger partial charge is 0.338 e.